The van der Waals surface area contributed by atoms with E-state index in [1.54, 1.807) is 6.07 Å². The van der Waals surface area contributed by atoms with Crippen LogP contribution in [0.25, 0.3) is 0 Å². The van der Waals surface area contributed by atoms with Gasteiger partial charge in [0.15, 0.2) is 11.6 Å². The monoisotopic (exact) mass is 440 g/mol. The molecule has 0 spiro atoms. The van der Waals surface area contributed by atoms with E-state index in [1.807, 2.05) is 0 Å². The Morgan fingerprint density at radius 3 is 1.90 bits per heavy atom. The fourth-order valence-electron chi connectivity index (χ4n) is 6.28. The predicted molar refractivity (Wildman–Crippen MR) is 114 cm³/mol. The summed E-state index contributed by atoms with van der Waals surface area (Å²) in [6, 6.07) is 4.27. The number of hydrogen-bond donors (Lipinski definition) is 0. The fraction of sp³-hybridized carbons (Fsp3) is 0.769. The molecular weight excluding hydrogens is 404 g/mol. The summed E-state index contributed by atoms with van der Waals surface area (Å²) < 4.78 is 61.4. The van der Waals surface area contributed by atoms with Crippen LogP contribution in [0.4, 0.5) is 17.6 Å². The lowest BCUT2D eigenvalue weighted by atomic mass is 9.69. The van der Waals surface area contributed by atoms with Crippen molar-refractivity contribution in [3.63, 3.8) is 0 Å². The molecular formula is C26H36F4O. The SMILES string of the molecule is CC1CCC(C(F)(F)OC2CCC(C3CCC(c4ccc(F)c(F)c4)CC3)CC2)CC1. The minimum Gasteiger partial charge on any atom is -0.317 e. The zero-order valence-corrected chi connectivity index (χ0v) is 18.6. The lowest BCUT2D eigenvalue weighted by Gasteiger charge is -2.40. The van der Waals surface area contributed by atoms with Crippen LogP contribution in [0.2, 0.25) is 0 Å². The Labute approximate surface area is 183 Å². The first-order chi connectivity index (χ1) is 14.8. The molecule has 1 aromatic rings. The Balaban J connectivity index is 1.22. The normalized spacial score (nSPS) is 35.1. The van der Waals surface area contributed by atoms with Crippen LogP contribution in [-0.4, -0.2) is 12.2 Å². The maximum absolute atomic E-state index is 14.7. The van der Waals surface area contributed by atoms with Gasteiger partial charge in [-0.3, -0.25) is 0 Å². The van der Waals surface area contributed by atoms with Gasteiger partial charge in [-0.05, 0) is 106 Å². The molecule has 0 unspecified atom stereocenters. The Morgan fingerprint density at radius 2 is 1.32 bits per heavy atom. The summed E-state index contributed by atoms with van der Waals surface area (Å²) in [7, 11) is 0. The molecule has 0 atom stereocenters. The van der Waals surface area contributed by atoms with Gasteiger partial charge in [0, 0.05) is 0 Å². The molecule has 31 heavy (non-hydrogen) atoms. The first-order valence-electron chi connectivity index (χ1n) is 12.3. The number of alkyl halides is 2. The Kier molecular flexibility index (Phi) is 7.30. The van der Waals surface area contributed by atoms with E-state index in [9.17, 15) is 17.6 Å². The molecule has 3 fully saturated rings. The van der Waals surface area contributed by atoms with Crippen LogP contribution in [-0.2, 0) is 4.74 Å². The smallest absolute Gasteiger partial charge is 0.317 e. The second kappa shape index (κ2) is 9.80. The van der Waals surface area contributed by atoms with E-state index in [1.165, 1.54) is 12.1 Å². The molecule has 3 aliphatic rings. The number of hydrogen-bond acceptors (Lipinski definition) is 1. The Bertz CT molecular complexity index is 712. The molecule has 174 valence electrons. The van der Waals surface area contributed by atoms with Gasteiger partial charge in [0.2, 0.25) is 0 Å². The maximum atomic E-state index is 14.7. The topological polar surface area (TPSA) is 9.23 Å². The molecule has 0 saturated heterocycles. The van der Waals surface area contributed by atoms with Crippen molar-refractivity contribution in [1.82, 2.24) is 0 Å². The van der Waals surface area contributed by atoms with Gasteiger partial charge in [-0.2, -0.15) is 8.78 Å². The van der Waals surface area contributed by atoms with Crippen molar-refractivity contribution < 1.29 is 22.3 Å². The molecule has 0 radical (unpaired) electrons. The van der Waals surface area contributed by atoms with Gasteiger partial charge in [0.25, 0.3) is 0 Å². The average molecular weight is 441 g/mol. The summed E-state index contributed by atoms with van der Waals surface area (Å²) in [4.78, 5) is 0. The molecule has 0 bridgehead atoms. The van der Waals surface area contributed by atoms with Crippen LogP contribution >= 0.6 is 0 Å². The molecule has 3 saturated carbocycles. The first-order valence-corrected chi connectivity index (χ1v) is 12.3. The molecule has 4 rings (SSSR count). The maximum Gasteiger partial charge on any atom is 0.358 e. The largest absolute Gasteiger partial charge is 0.358 e. The minimum atomic E-state index is -2.99. The second-order valence-electron chi connectivity index (χ2n) is 10.5. The Hall–Kier alpha value is -1.10. The molecule has 5 heteroatoms. The fourth-order valence-corrected chi connectivity index (χ4v) is 6.28. The van der Waals surface area contributed by atoms with E-state index in [0.717, 1.165) is 69.8 Å². The zero-order chi connectivity index (χ0) is 22.0. The highest BCUT2D eigenvalue weighted by Crippen LogP contribution is 2.45. The van der Waals surface area contributed by atoms with E-state index in [-0.39, 0.29) is 6.10 Å². The molecule has 3 aliphatic carbocycles. The van der Waals surface area contributed by atoms with E-state index in [0.29, 0.717) is 36.5 Å². The predicted octanol–water partition coefficient (Wildman–Crippen LogP) is 8.23. The van der Waals surface area contributed by atoms with Crippen molar-refractivity contribution in [2.24, 2.45) is 23.7 Å². The lowest BCUT2D eigenvalue weighted by Crippen LogP contribution is -2.39. The van der Waals surface area contributed by atoms with Crippen LogP contribution in [0.1, 0.15) is 95.5 Å². The summed E-state index contributed by atoms with van der Waals surface area (Å²) >= 11 is 0. The van der Waals surface area contributed by atoms with Crippen LogP contribution < -0.4 is 0 Å². The number of benzene rings is 1. The highest BCUT2D eigenvalue weighted by Gasteiger charge is 2.44. The van der Waals surface area contributed by atoms with E-state index < -0.39 is 23.7 Å². The summed E-state index contributed by atoms with van der Waals surface area (Å²) in [5, 5.41) is 0. The summed E-state index contributed by atoms with van der Waals surface area (Å²) in [5.74, 6) is -0.133. The van der Waals surface area contributed by atoms with E-state index in [2.05, 4.69) is 6.92 Å². The van der Waals surface area contributed by atoms with Crippen LogP contribution in [0, 0.1) is 35.3 Å². The summed E-state index contributed by atoms with van der Waals surface area (Å²) in [6.07, 6.45) is 7.12. The first kappa shape index (κ1) is 23.1. The quantitative estimate of drug-likeness (QED) is 0.419. The molecule has 0 amide bonds. The van der Waals surface area contributed by atoms with Gasteiger partial charge in [0.1, 0.15) is 0 Å². The third-order valence-electron chi connectivity index (χ3n) is 8.39. The van der Waals surface area contributed by atoms with Crippen molar-refractivity contribution in [3.8, 4) is 0 Å². The van der Waals surface area contributed by atoms with E-state index in [4.69, 9.17) is 4.74 Å². The van der Waals surface area contributed by atoms with Crippen molar-refractivity contribution in [2.75, 3.05) is 0 Å². The average Bonchev–Trinajstić information content (AvgIpc) is 2.76. The Morgan fingerprint density at radius 1 is 0.742 bits per heavy atom. The minimum absolute atomic E-state index is 0.294. The molecule has 0 heterocycles. The summed E-state index contributed by atoms with van der Waals surface area (Å²) in [6.45, 7) is 2.14. The highest BCUT2D eigenvalue weighted by molar-refractivity contribution is 5.22. The summed E-state index contributed by atoms with van der Waals surface area (Å²) in [5.41, 5.74) is 0.897. The molecule has 0 N–H and O–H groups in total. The van der Waals surface area contributed by atoms with Gasteiger partial charge in [0.05, 0.1) is 12.0 Å². The third kappa shape index (κ3) is 5.64. The molecule has 0 aromatic heterocycles. The standard InChI is InChI=1S/C26H36F4O/c1-17-2-11-22(12-3-17)26(29,30)31-23-13-8-19(9-14-23)18-4-6-20(7-5-18)21-10-15-24(27)25(28)16-21/h10,15-20,22-23H,2-9,11-14H2,1H3. The highest BCUT2D eigenvalue weighted by atomic mass is 19.3. The number of ether oxygens (including phenoxy) is 1. The third-order valence-corrected chi connectivity index (χ3v) is 8.39. The zero-order valence-electron chi connectivity index (χ0n) is 18.6. The van der Waals surface area contributed by atoms with Crippen LogP contribution in [0.3, 0.4) is 0 Å². The second-order valence-corrected chi connectivity index (χ2v) is 10.5. The van der Waals surface area contributed by atoms with E-state index >= 15 is 0 Å². The van der Waals surface area contributed by atoms with Crippen molar-refractivity contribution >= 4 is 0 Å². The van der Waals surface area contributed by atoms with Crippen molar-refractivity contribution in [2.45, 2.75) is 102 Å². The van der Waals surface area contributed by atoms with Gasteiger partial charge in [-0.25, -0.2) is 8.78 Å². The van der Waals surface area contributed by atoms with Gasteiger partial charge >= 0.3 is 6.11 Å². The lowest BCUT2D eigenvalue weighted by molar-refractivity contribution is -0.302. The van der Waals surface area contributed by atoms with Crippen LogP contribution in [0.15, 0.2) is 18.2 Å². The number of halogens is 4. The molecule has 1 nitrogen and oxygen atoms in total. The van der Waals surface area contributed by atoms with Crippen molar-refractivity contribution in [1.29, 1.82) is 0 Å². The van der Waals surface area contributed by atoms with Gasteiger partial charge < -0.3 is 4.74 Å². The van der Waals surface area contributed by atoms with Crippen molar-refractivity contribution in [3.05, 3.63) is 35.4 Å². The van der Waals surface area contributed by atoms with Gasteiger partial charge in [-0.1, -0.05) is 25.8 Å². The van der Waals surface area contributed by atoms with Gasteiger partial charge in [-0.15, -0.1) is 0 Å². The molecule has 1 aromatic carbocycles. The van der Waals surface area contributed by atoms with Crippen LogP contribution in [0.5, 0.6) is 0 Å². The molecule has 0 aliphatic heterocycles. The number of rotatable bonds is 5.